The number of alkyl halides is 3. The van der Waals surface area contributed by atoms with Gasteiger partial charge in [0.05, 0.1) is 30.1 Å². The lowest BCUT2D eigenvalue weighted by Gasteiger charge is -2.39. The molecule has 2 aromatic heterocycles. The van der Waals surface area contributed by atoms with E-state index in [-0.39, 0.29) is 12.2 Å². The molecule has 0 aliphatic carbocycles. The van der Waals surface area contributed by atoms with Crippen molar-refractivity contribution in [1.82, 2.24) is 20.5 Å². The minimum absolute atomic E-state index is 0.259. The molecule has 1 unspecified atom stereocenters. The zero-order chi connectivity index (χ0) is 20.5. The summed E-state index contributed by atoms with van der Waals surface area (Å²) in [4.78, 5) is 17.3. The summed E-state index contributed by atoms with van der Waals surface area (Å²) in [6, 6.07) is 9.61. The van der Waals surface area contributed by atoms with Crippen LogP contribution in [0.4, 0.5) is 13.2 Å². The van der Waals surface area contributed by atoms with E-state index in [0.717, 1.165) is 12.1 Å². The second kappa shape index (κ2) is 7.16. The molecule has 3 heterocycles. The zero-order valence-corrected chi connectivity index (χ0v) is 15.0. The van der Waals surface area contributed by atoms with E-state index in [1.807, 2.05) is 0 Å². The molecular weight excluding hydrogens is 385 g/mol. The molecule has 0 spiro atoms. The Morgan fingerprint density at radius 1 is 1.07 bits per heavy atom. The number of carbonyl (C=O) groups excluding carboxylic acids is 1. The van der Waals surface area contributed by atoms with Gasteiger partial charge in [0, 0.05) is 12.6 Å². The number of halogens is 3. The monoisotopic (exact) mass is 400 g/mol. The molecule has 0 bridgehead atoms. The van der Waals surface area contributed by atoms with Crippen molar-refractivity contribution in [3.8, 4) is 5.75 Å². The van der Waals surface area contributed by atoms with E-state index >= 15 is 0 Å². The van der Waals surface area contributed by atoms with Crippen LogP contribution in [0.25, 0.3) is 0 Å². The van der Waals surface area contributed by atoms with Gasteiger partial charge in [-0.25, -0.2) is 0 Å². The molecule has 3 aromatic rings. The molecule has 1 amide bonds. The van der Waals surface area contributed by atoms with Crippen LogP contribution in [0.5, 0.6) is 5.75 Å². The van der Waals surface area contributed by atoms with E-state index in [4.69, 9.17) is 4.74 Å². The topological polar surface area (TPSA) is 77.0 Å². The van der Waals surface area contributed by atoms with E-state index in [2.05, 4.69) is 20.5 Å². The van der Waals surface area contributed by atoms with Crippen LogP contribution in [-0.2, 0) is 11.7 Å². The Morgan fingerprint density at radius 2 is 1.86 bits per heavy atom. The number of carbonyl (C=O) groups is 1. The van der Waals surface area contributed by atoms with Crippen molar-refractivity contribution in [3.63, 3.8) is 0 Å². The number of amides is 1. The number of ether oxygens (including phenoxy) is 1. The average molecular weight is 400 g/mol. The largest absolute Gasteiger partial charge is 0.491 e. The zero-order valence-electron chi connectivity index (χ0n) is 15.0. The molecule has 29 heavy (non-hydrogen) atoms. The molecule has 1 aliphatic heterocycles. The summed E-state index contributed by atoms with van der Waals surface area (Å²) < 4.78 is 44.7. The lowest BCUT2D eigenvalue weighted by Crippen LogP contribution is -2.50. The number of nitrogens with one attached hydrogen (secondary N) is 1. The molecule has 0 fully saturated rings. The predicted octanol–water partition coefficient (Wildman–Crippen LogP) is 3.35. The number of rotatable bonds is 3. The highest BCUT2D eigenvalue weighted by Crippen LogP contribution is 2.41. The van der Waals surface area contributed by atoms with Crippen LogP contribution in [0.3, 0.4) is 0 Å². The molecule has 0 radical (unpaired) electrons. The summed E-state index contributed by atoms with van der Waals surface area (Å²) in [5.41, 5.74) is -0.741. The number of hydrogen-bond donors (Lipinski definition) is 1. The Labute approximate surface area is 163 Å². The molecule has 4 rings (SSSR count). The molecule has 6 nitrogen and oxygen atoms in total. The first-order valence-corrected chi connectivity index (χ1v) is 8.75. The molecule has 148 valence electrons. The van der Waals surface area contributed by atoms with E-state index < -0.39 is 23.2 Å². The smallest absolute Gasteiger partial charge is 0.416 e. The molecule has 1 aromatic carbocycles. The van der Waals surface area contributed by atoms with E-state index in [9.17, 15) is 18.0 Å². The summed E-state index contributed by atoms with van der Waals surface area (Å²) >= 11 is 0. The van der Waals surface area contributed by atoms with Crippen molar-refractivity contribution in [1.29, 1.82) is 0 Å². The Bertz CT molecular complexity index is 1030. The quantitative estimate of drug-likeness (QED) is 0.730. The standard InChI is InChI=1S/C20H15F3N4O2/c21-20(22,23)15-5-3-14(4-6-15)19(27-18(28)13-7-10-25-26-12-13)8-11-29-16-2-1-9-24-17(16)19/h1-7,9-10,12H,8,11H2,(H,27,28). The SMILES string of the molecule is O=C(NC1(c2ccc(C(F)(F)F)cc2)CCOc2cccnc21)c1ccnnc1. The minimum atomic E-state index is -4.45. The van der Waals surface area contributed by atoms with Gasteiger partial charge in [0.2, 0.25) is 0 Å². The van der Waals surface area contributed by atoms with Crippen molar-refractivity contribution in [3.05, 3.63) is 83.4 Å². The normalized spacial score (nSPS) is 18.4. The lowest BCUT2D eigenvalue weighted by atomic mass is 9.81. The first kappa shape index (κ1) is 18.9. The molecule has 0 saturated heterocycles. The fourth-order valence-corrected chi connectivity index (χ4v) is 3.37. The highest BCUT2D eigenvalue weighted by molar-refractivity contribution is 5.94. The number of hydrogen-bond acceptors (Lipinski definition) is 5. The molecule has 1 N–H and O–H groups in total. The van der Waals surface area contributed by atoms with Gasteiger partial charge in [-0.15, -0.1) is 0 Å². The fourth-order valence-electron chi connectivity index (χ4n) is 3.37. The van der Waals surface area contributed by atoms with Crippen LogP contribution < -0.4 is 10.1 Å². The van der Waals surface area contributed by atoms with Crippen molar-refractivity contribution >= 4 is 5.91 Å². The molecule has 1 atom stereocenters. The molecular formula is C20H15F3N4O2. The van der Waals surface area contributed by atoms with Gasteiger partial charge in [-0.3, -0.25) is 9.78 Å². The Kier molecular flexibility index (Phi) is 4.65. The van der Waals surface area contributed by atoms with E-state index in [1.54, 1.807) is 18.3 Å². The Balaban J connectivity index is 1.82. The van der Waals surface area contributed by atoms with Crippen molar-refractivity contribution in [2.24, 2.45) is 0 Å². The van der Waals surface area contributed by atoms with Gasteiger partial charge in [-0.2, -0.15) is 23.4 Å². The summed E-state index contributed by atoms with van der Waals surface area (Å²) in [5.74, 6) is 0.0186. The average Bonchev–Trinajstić information content (AvgIpc) is 2.74. The number of aromatic nitrogens is 3. The fraction of sp³-hybridized carbons (Fsp3) is 0.200. The highest BCUT2D eigenvalue weighted by atomic mass is 19.4. The van der Waals surface area contributed by atoms with Crippen LogP contribution in [0.1, 0.15) is 33.6 Å². The number of pyridine rings is 1. The summed E-state index contributed by atoms with van der Waals surface area (Å²) in [6.45, 7) is 0.259. The molecule has 9 heteroatoms. The molecule has 0 saturated carbocycles. The lowest BCUT2D eigenvalue weighted by molar-refractivity contribution is -0.137. The maximum Gasteiger partial charge on any atom is 0.416 e. The van der Waals surface area contributed by atoms with Crippen LogP contribution in [0.15, 0.2) is 61.1 Å². The summed E-state index contributed by atoms with van der Waals surface area (Å²) in [6.07, 6.45) is 0.0902. The summed E-state index contributed by atoms with van der Waals surface area (Å²) in [5, 5.41) is 10.3. The highest BCUT2D eigenvalue weighted by Gasteiger charge is 2.43. The van der Waals surface area contributed by atoms with Gasteiger partial charge < -0.3 is 10.1 Å². The summed E-state index contributed by atoms with van der Waals surface area (Å²) in [7, 11) is 0. The van der Waals surface area contributed by atoms with Crippen molar-refractivity contribution in [2.45, 2.75) is 18.1 Å². The van der Waals surface area contributed by atoms with Crippen molar-refractivity contribution < 1.29 is 22.7 Å². The van der Waals surface area contributed by atoms with Gasteiger partial charge in [0.15, 0.2) is 0 Å². The third kappa shape index (κ3) is 3.51. The maximum atomic E-state index is 13.0. The van der Waals surface area contributed by atoms with Gasteiger partial charge in [0.1, 0.15) is 17.0 Å². The Morgan fingerprint density at radius 3 is 2.55 bits per heavy atom. The van der Waals surface area contributed by atoms with Gasteiger partial charge in [-0.05, 0) is 35.9 Å². The van der Waals surface area contributed by atoms with Gasteiger partial charge in [-0.1, -0.05) is 12.1 Å². The van der Waals surface area contributed by atoms with Crippen LogP contribution in [-0.4, -0.2) is 27.7 Å². The third-order valence-corrected chi connectivity index (χ3v) is 4.79. The third-order valence-electron chi connectivity index (χ3n) is 4.79. The second-order valence-corrected chi connectivity index (χ2v) is 6.51. The number of nitrogens with zero attached hydrogens (tertiary/aromatic N) is 3. The first-order valence-electron chi connectivity index (χ1n) is 8.75. The maximum absolute atomic E-state index is 13.0. The molecule has 1 aliphatic rings. The van der Waals surface area contributed by atoms with Gasteiger partial charge in [0.25, 0.3) is 5.91 Å². The Hall–Kier alpha value is -3.49. The van der Waals surface area contributed by atoms with Crippen LogP contribution in [0.2, 0.25) is 0 Å². The van der Waals surface area contributed by atoms with Crippen LogP contribution >= 0.6 is 0 Å². The number of fused-ring (bicyclic) bond motifs is 1. The van der Waals surface area contributed by atoms with Crippen LogP contribution in [0, 0.1) is 0 Å². The number of benzene rings is 1. The first-order chi connectivity index (χ1) is 13.9. The van der Waals surface area contributed by atoms with E-state index in [0.29, 0.717) is 23.4 Å². The second-order valence-electron chi connectivity index (χ2n) is 6.51. The van der Waals surface area contributed by atoms with Crippen molar-refractivity contribution in [2.75, 3.05) is 6.61 Å². The minimum Gasteiger partial charge on any atom is -0.491 e. The predicted molar refractivity (Wildman–Crippen MR) is 96.1 cm³/mol. The van der Waals surface area contributed by atoms with Gasteiger partial charge >= 0.3 is 6.18 Å². The van der Waals surface area contributed by atoms with E-state index in [1.165, 1.54) is 30.6 Å².